The molecule has 0 aliphatic heterocycles. The van der Waals surface area contributed by atoms with Crippen molar-refractivity contribution in [1.29, 1.82) is 0 Å². The van der Waals surface area contributed by atoms with Crippen molar-refractivity contribution in [1.82, 2.24) is 0 Å². The van der Waals surface area contributed by atoms with Crippen LogP contribution < -0.4 is 4.74 Å². The minimum atomic E-state index is -0.0886. The van der Waals surface area contributed by atoms with Gasteiger partial charge < -0.3 is 4.74 Å². The van der Waals surface area contributed by atoms with Crippen molar-refractivity contribution in [3.8, 4) is 5.75 Å². The zero-order valence-corrected chi connectivity index (χ0v) is 14.5. The van der Waals surface area contributed by atoms with Gasteiger partial charge in [-0.1, -0.05) is 11.6 Å². The molecule has 5 heteroatoms. The van der Waals surface area contributed by atoms with Crippen LogP contribution in [0.4, 0.5) is 0 Å². The van der Waals surface area contributed by atoms with Crippen molar-refractivity contribution >= 4 is 49.2 Å². The molecule has 0 spiro atoms. The third kappa shape index (κ3) is 3.43. The molecule has 0 aliphatic carbocycles. The highest BCUT2D eigenvalue weighted by molar-refractivity contribution is 9.10. The second-order valence-electron chi connectivity index (χ2n) is 4.03. The Morgan fingerprint density at radius 1 is 1.15 bits per heavy atom. The Morgan fingerprint density at radius 2 is 1.90 bits per heavy atom. The second kappa shape index (κ2) is 6.74. The molecular formula is C15H11Br2ClO2. The third-order valence-corrected chi connectivity index (χ3v) is 4.57. The number of hydrogen-bond donors (Lipinski definition) is 0. The minimum Gasteiger partial charge on any atom is -0.494 e. The summed E-state index contributed by atoms with van der Waals surface area (Å²) < 4.78 is 6.86. The summed E-state index contributed by atoms with van der Waals surface area (Å²) in [6, 6.07) is 10.5. The van der Waals surface area contributed by atoms with Crippen molar-refractivity contribution in [2.75, 3.05) is 6.61 Å². The lowest BCUT2D eigenvalue weighted by Gasteiger charge is -2.08. The zero-order chi connectivity index (χ0) is 14.7. The first kappa shape index (κ1) is 15.5. The molecule has 2 aromatic rings. The fourth-order valence-corrected chi connectivity index (χ4v) is 2.69. The summed E-state index contributed by atoms with van der Waals surface area (Å²) in [5.74, 6) is 0.638. The molecule has 2 rings (SSSR count). The molecule has 0 bridgehead atoms. The van der Waals surface area contributed by atoms with Crippen molar-refractivity contribution in [3.05, 3.63) is 61.5 Å². The summed E-state index contributed by atoms with van der Waals surface area (Å²) in [5.41, 5.74) is 1.12. The average Bonchev–Trinajstić information content (AvgIpc) is 2.42. The van der Waals surface area contributed by atoms with Gasteiger partial charge in [-0.25, -0.2) is 0 Å². The number of ether oxygens (including phenoxy) is 1. The molecule has 0 saturated carbocycles. The van der Waals surface area contributed by atoms with Crippen LogP contribution in [0, 0.1) is 0 Å². The lowest BCUT2D eigenvalue weighted by atomic mass is 10.0. The van der Waals surface area contributed by atoms with Crippen LogP contribution in [0.2, 0.25) is 5.02 Å². The van der Waals surface area contributed by atoms with Gasteiger partial charge in [0, 0.05) is 20.1 Å². The first-order valence-corrected chi connectivity index (χ1v) is 7.91. The SMILES string of the molecule is CCOc1ccc(C(=O)c2ccc(Br)c(Cl)c2)c(Br)c1. The van der Waals surface area contributed by atoms with E-state index in [9.17, 15) is 4.79 Å². The Balaban J connectivity index is 2.35. The molecule has 104 valence electrons. The van der Waals surface area contributed by atoms with Gasteiger partial charge >= 0.3 is 0 Å². The Morgan fingerprint density at radius 3 is 2.50 bits per heavy atom. The molecule has 0 aromatic heterocycles. The van der Waals surface area contributed by atoms with E-state index in [-0.39, 0.29) is 5.78 Å². The number of carbonyl (C=O) groups excluding carboxylic acids is 1. The molecule has 0 saturated heterocycles. The molecule has 0 N–H and O–H groups in total. The predicted molar refractivity (Wildman–Crippen MR) is 87.9 cm³/mol. The number of rotatable bonds is 4. The fourth-order valence-electron chi connectivity index (χ4n) is 1.73. The highest BCUT2D eigenvalue weighted by Gasteiger charge is 2.14. The van der Waals surface area contributed by atoms with Gasteiger partial charge in [0.25, 0.3) is 0 Å². The van der Waals surface area contributed by atoms with Crippen molar-refractivity contribution in [2.45, 2.75) is 6.92 Å². The average molecular weight is 419 g/mol. The molecule has 2 nitrogen and oxygen atoms in total. The summed E-state index contributed by atoms with van der Waals surface area (Å²) in [6.07, 6.45) is 0. The Bertz CT molecular complexity index is 656. The van der Waals surface area contributed by atoms with E-state index in [0.717, 1.165) is 10.2 Å². The lowest BCUT2D eigenvalue weighted by Crippen LogP contribution is -2.03. The van der Waals surface area contributed by atoms with Crippen LogP contribution in [0.15, 0.2) is 45.3 Å². The fraction of sp³-hybridized carbons (Fsp3) is 0.133. The summed E-state index contributed by atoms with van der Waals surface area (Å²) in [6.45, 7) is 2.50. The van der Waals surface area contributed by atoms with Gasteiger partial charge in [0.1, 0.15) is 5.75 Å². The van der Waals surface area contributed by atoms with E-state index in [1.54, 1.807) is 36.4 Å². The van der Waals surface area contributed by atoms with Crippen LogP contribution in [0.1, 0.15) is 22.8 Å². The first-order chi connectivity index (χ1) is 9.52. The van der Waals surface area contributed by atoms with E-state index in [1.807, 2.05) is 6.92 Å². The largest absolute Gasteiger partial charge is 0.494 e. The standard InChI is InChI=1S/C15H11Br2ClO2/c1-2-20-10-4-5-11(13(17)8-10)15(19)9-3-6-12(16)14(18)7-9/h3-8H,2H2,1H3. The summed E-state index contributed by atoms with van der Waals surface area (Å²) >= 11 is 12.7. The molecule has 0 heterocycles. The molecule has 0 amide bonds. The zero-order valence-electron chi connectivity index (χ0n) is 10.6. The van der Waals surface area contributed by atoms with Gasteiger partial charge in [-0.15, -0.1) is 0 Å². The molecule has 0 unspecified atom stereocenters. The van der Waals surface area contributed by atoms with E-state index in [1.165, 1.54) is 0 Å². The van der Waals surface area contributed by atoms with E-state index < -0.39 is 0 Å². The summed E-state index contributed by atoms with van der Waals surface area (Å²) in [7, 11) is 0. The molecule has 20 heavy (non-hydrogen) atoms. The monoisotopic (exact) mass is 416 g/mol. The van der Waals surface area contributed by atoms with E-state index in [0.29, 0.717) is 27.2 Å². The Hall–Kier alpha value is -0.840. The quantitative estimate of drug-likeness (QED) is 0.614. The van der Waals surface area contributed by atoms with Crippen LogP contribution in [0.3, 0.4) is 0 Å². The van der Waals surface area contributed by atoms with Crippen molar-refractivity contribution in [3.63, 3.8) is 0 Å². The van der Waals surface area contributed by atoms with Crippen molar-refractivity contribution < 1.29 is 9.53 Å². The topological polar surface area (TPSA) is 26.3 Å². The van der Waals surface area contributed by atoms with Gasteiger partial charge in [0.05, 0.1) is 11.6 Å². The highest BCUT2D eigenvalue weighted by Crippen LogP contribution is 2.28. The summed E-state index contributed by atoms with van der Waals surface area (Å²) in [4.78, 5) is 12.5. The second-order valence-corrected chi connectivity index (χ2v) is 6.15. The highest BCUT2D eigenvalue weighted by atomic mass is 79.9. The first-order valence-electron chi connectivity index (χ1n) is 5.95. The van der Waals surface area contributed by atoms with Crippen molar-refractivity contribution in [2.24, 2.45) is 0 Å². The number of carbonyl (C=O) groups is 1. The number of benzene rings is 2. The van der Waals surface area contributed by atoms with Crippen LogP contribution in [0.25, 0.3) is 0 Å². The smallest absolute Gasteiger partial charge is 0.194 e. The Kier molecular flexibility index (Phi) is 5.24. The van der Waals surface area contributed by atoms with Gasteiger partial charge in [-0.2, -0.15) is 0 Å². The number of hydrogen-bond acceptors (Lipinski definition) is 2. The molecule has 0 fully saturated rings. The van der Waals surface area contributed by atoms with E-state index in [4.69, 9.17) is 16.3 Å². The van der Waals surface area contributed by atoms with Crippen LogP contribution >= 0.6 is 43.5 Å². The predicted octanol–water partition coefficient (Wildman–Crippen LogP) is 5.49. The van der Waals surface area contributed by atoms with Gasteiger partial charge in [-0.3, -0.25) is 4.79 Å². The van der Waals surface area contributed by atoms with E-state index >= 15 is 0 Å². The molecule has 0 aliphatic rings. The third-order valence-electron chi connectivity index (χ3n) is 2.68. The van der Waals surface area contributed by atoms with Crippen LogP contribution in [0.5, 0.6) is 5.75 Å². The minimum absolute atomic E-state index is 0.0886. The maximum atomic E-state index is 12.5. The van der Waals surface area contributed by atoms with Gasteiger partial charge in [-0.05, 0) is 75.2 Å². The molecular weight excluding hydrogens is 407 g/mol. The molecule has 0 radical (unpaired) electrons. The lowest BCUT2D eigenvalue weighted by molar-refractivity contribution is 0.103. The summed E-state index contributed by atoms with van der Waals surface area (Å²) in [5, 5.41) is 0.512. The maximum Gasteiger partial charge on any atom is 0.194 e. The maximum absolute atomic E-state index is 12.5. The number of ketones is 1. The van der Waals surface area contributed by atoms with Gasteiger partial charge in [0.2, 0.25) is 0 Å². The molecule has 0 atom stereocenters. The molecule has 2 aromatic carbocycles. The van der Waals surface area contributed by atoms with Crippen LogP contribution in [-0.4, -0.2) is 12.4 Å². The van der Waals surface area contributed by atoms with Crippen LogP contribution in [-0.2, 0) is 0 Å². The number of halogens is 3. The Labute approximate surface area is 139 Å². The normalized spacial score (nSPS) is 10.4. The van der Waals surface area contributed by atoms with E-state index in [2.05, 4.69) is 31.9 Å². The van der Waals surface area contributed by atoms with Gasteiger partial charge in [0.15, 0.2) is 5.78 Å².